The Labute approximate surface area is 190 Å². The van der Waals surface area contributed by atoms with E-state index in [0.717, 1.165) is 0 Å². The largest absolute Gasteiger partial charge is 0.343 e. The van der Waals surface area contributed by atoms with Crippen LogP contribution in [-0.4, -0.2) is 8.97 Å². The van der Waals surface area contributed by atoms with E-state index in [0.29, 0.717) is 0 Å². The number of rotatable bonds is 1. The average Bonchev–Trinajstić information content (AvgIpc) is 3.32. The van der Waals surface area contributed by atoms with Gasteiger partial charge in [0.2, 0.25) is 0 Å². The van der Waals surface area contributed by atoms with Crippen molar-refractivity contribution in [1.29, 1.82) is 0 Å². The molecule has 0 unspecified atom stereocenters. The van der Waals surface area contributed by atoms with E-state index in [9.17, 15) is 0 Å². The van der Waals surface area contributed by atoms with Crippen LogP contribution in [0.2, 0.25) is 0 Å². The molecular formula is C31H20N2. The fraction of sp³-hybridized carbons (Fsp3) is 0.0323. The molecule has 2 heteroatoms. The molecule has 0 saturated heterocycles. The monoisotopic (exact) mass is 420 g/mol. The topological polar surface area (TPSA) is 9.34 Å². The van der Waals surface area contributed by atoms with Crippen molar-refractivity contribution in [1.82, 2.24) is 8.97 Å². The van der Waals surface area contributed by atoms with Crippen LogP contribution < -0.4 is 0 Å². The van der Waals surface area contributed by atoms with Crippen LogP contribution in [0.5, 0.6) is 0 Å². The molecule has 3 aromatic heterocycles. The summed E-state index contributed by atoms with van der Waals surface area (Å²) in [5.41, 5.74) is 8.94. The molecule has 33 heavy (non-hydrogen) atoms. The molecule has 3 heterocycles. The molecule has 0 radical (unpaired) electrons. The highest BCUT2D eigenvalue weighted by atomic mass is 15.0. The van der Waals surface area contributed by atoms with E-state index in [2.05, 4.69) is 119 Å². The maximum Gasteiger partial charge on any atom is 0.0619 e. The molecule has 0 spiro atoms. The number of para-hydroxylation sites is 2. The molecule has 2 nitrogen and oxygen atoms in total. The Morgan fingerprint density at radius 1 is 0.455 bits per heavy atom. The minimum Gasteiger partial charge on any atom is -0.343 e. The average molecular weight is 421 g/mol. The van der Waals surface area contributed by atoms with Gasteiger partial charge in [-0.25, -0.2) is 0 Å². The number of fused-ring (bicyclic) bond motifs is 5. The number of hydrogen-bond donors (Lipinski definition) is 0. The maximum atomic E-state index is 2.49. The molecule has 0 fully saturated rings. The molecule has 0 atom stereocenters. The Morgan fingerprint density at radius 3 is 2.00 bits per heavy atom. The zero-order valence-corrected chi connectivity index (χ0v) is 18.2. The SMILES string of the molecule is Cn1c2cccc3c2c2c(ccc(-c4ccccc4)c21)c1cccc2c4ccccc4n3c12. The molecule has 0 saturated carbocycles. The molecule has 0 aliphatic rings. The van der Waals surface area contributed by atoms with E-state index in [-0.39, 0.29) is 0 Å². The first-order valence-corrected chi connectivity index (χ1v) is 11.5. The highest BCUT2D eigenvalue weighted by Crippen LogP contribution is 2.45. The van der Waals surface area contributed by atoms with E-state index in [1.54, 1.807) is 0 Å². The molecule has 154 valence electrons. The predicted molar refractivity (Wildman–Crippen MR) is 141 cm³/mol. The summed E-state index contributed by atoms with van der Waals surface area (Å²) in [6.07, 6.45) is 0. The smallest absolute Gasteiger partial charge is 0.0619 e. The molecule has 5 aromatic carbocycles. The first-order chi connectivity index (χ1) is 16.3. The standard InChI is InChI=1S/C31H20N2/c1-32-26-15-8-16-27-29(26)28-22(18-17-20(31(28)32)19-9-3-2-4-10-19)24-13-7-12-23-21-11-5-6-14-25(21)33(27)30(23)24/h2-18H,1H3. The van der Waals surface area contributed by atoms with Crippen molar-refractivity contribution >= 4 is 59.9 Å². The van der Waals surface area contributed by atoms with Crippen LogP contribution in [0.3, 0.4) is 0 Å². The van der Waals surface area contributed by atoms with Crippen LogP contribution >= 0.6 is 0 Å². The summed E-state index contributed by atoms with van der Waals surface area (Å²) < 4.78 is 4.88. The van der Waals surface area contributed by atoms with Gasteiger partial charge in [0.25, 0.3) is 0 Å². The number of hydrogen-bond acceptors (Lipinski definition) is 0. The van der Waals surface area contributed by atoms with Gasteiger partial charge in [-0.1, -0.05) is 84.9 Å². The molecule has 0 amide bonds. The van der Waals surface area contributed by atoms with Crippen molar-refractivity contribution in [2.75, 3.05) is 0 Å². The highest BCUT2D eigenvalue weighted by molar-refractivity contribution is 6.32. The van der Waals surface area contributed by atoms with Gasteiger partial charge >= 0.3 is 0 Å². The van der Waals surface area contributed by atoms with Gasteiger partial charge in [-0.15, -0.1) is 0 Å². The lowest BCUT2D eigenvalue weighted by molar-refractivity contribution is 1.02. The fourth-order valence-electron chi connectivity index (χ4n) is 6.12. The zero-order valence-electron chi connectivity index (χ0n) is 18.2. The van der Waals surface area contributed by atoms with Crippen LogP contribution in [0.25, 0.3) is 71.0 Å². The minimum absolute atomic E-state index is 1.25. The first kappa shape index (κ1) is 17.3. The lowest BCUT2D eigenvalue weighted by Crippen LogP contribution is -1.91. The lowest BCUT2D eigenvalue weighted by Gasteiger charge is -2.09. The van der Waals surface area contributed by atoms with Gasteiger partial charge in [-0.3, -0.25) is 0 Å². The van der Waals surface area contributed by atoms with Crippen molar-refractivity contribution in [3.05, 3.63) is 103 Å². The van der Waals surface area contributed by atoms with E-state index in [1.807, 2.05) is 0 Å². The third-order valence-electron chi connectivity index (χ3n) is 7.46. The highest BCUT2D eigenvalue weighted by Gasteiger charge is 2.21. The number of nitrogens with zero attached hydrogens (tertiary/aromatic N) is 2. The van der Waals surface area contributed by atoms with E-state index < -0.39 is 0 Å². The molecule has 0 N–H and O–H groups in total. The molecule has 0 aliphatic carbocycles. The van der Waals surface area contributed by atoms with Crippen LogP contribution in [-0.2, 0) is 7.05 Å². The number of benzene rings is 5. The van der Waals surface area contributed by atoms with E-state index in [4.69, 9.17) is 0 Å². The molecule has 0 bridgehead atoms. The van der Waals surface area contributed by atoms with Gasteiger partial charge in [-0.05, 0) is 29.1 Å². The molecule has 8 aromatic rings. The summed E-state index contributed by atoms with van der Waals surface area (Å²) in [6, 6.07) is 37.7. The second kappa shape index (κ2) is 5.93. The summed E-state index contributed by atoms with van der Waals surface area (Å²) in [5, 5.41) is 7.93. The van der Waals surface area contributed by atoms with Crippen molar-refractivity contribution in [2.45, 2.75) is 0 Å². The zero-order chi connectivity index (χ0) is 21.7. The van der Waals surface area contributed by atoms with E-state index in [1.165, 1.54) is 71.0 Å². The Morgan fingerprint density at radius 2 is 1.12 bits per heavy atom. The van der Waals surface area contributed by atoms with Gasteiger partial charge in [0.15, 0.2) is 0 Å². The summed E-state index contributed by atoms with van der Waals surface area (Å²) in [6.45, 7) is 0. The Hall–Kier alpha value is -4.30. The first-order valence-electron chi connectivity index (χ1n) is 11.5. The van der Waals surface area contributed by atoms with Crippen molar-refractivity contribution in [2.24, 2.45) is 7.05 Å². The van der Waals surface area contributed by atoms with Gasteiger partial charge in [0, 0.05) is 39.5 Å². The quantitative estimate of drug-likeness (QED) is 0.253. The molecule has 8 rings (SSSR count). The van der Waals surface area contributed by atoms with Crippen molar-refractivity contribution in [3.63, 3.8) is 0 Å². The van der Waals surface area contributed by atoms with Crippen LogP contribution in [0.15, 0.2) is 103 Å². The summed E-state index contributed by atoms with van der Waals surface area (Å²) >= 11 is 0. The molecular weight excluding hydrogens is 400 g/mol. The summed E-state index contributed by atoms with van der Waals surface area (Å²) in [4.78, 5) is 0. The fourth-order valence-corrected chi connectivity index (χ4v) is 6.12. The second-order valence-electron chi connectivity index (χ2n) is 9.03. The number of aryl methyl sites for hydroxylation is 1. The lowest BCUT2D eigenvalue weighted by atomic mass is 9.97. The van der Waals surface area contributed by atoms with Crippen molar-refractivity contribution < 1.29 is 0 Å². The predicted octanol–water partition coefficient (Wildman–Crippen LogP) is 8.15. The Bertz CT molecular complexity index is 2020. The third-order valence-corrected chi connectivity index (χ3v) is 7.46. The maximum absolute atomic E-state index is 2.49. The van der Waals surface area contributed by atoms with Gasteiger partial charge in [0.05, 0.1) is 27.6 Å². The number of aromatic nitrogens is 2. The Kier molecular flexibility index (Phi) is 3.11. The molecule has 0 aliphatic heterocycles. The Balaban J connectivity index is 1.78. The summed E-state index contributed by atoms with van der Waals surface area (Å²) in [5.74, 6) is 0. The van der Waals surface area contributed by atoms with E-state index >= 15 is 0 Å². The third kappa shape index (κ3) is 2.00. The second-order valence-corrected chi connectivity index (χ2v) is 9.03. The normalized spacial score (nSPS) is 12.4. The van der Waals surface area contributed by atoms with Crippen LogP contribution in [0.4, 0.5) is 0 Å². The van der Waals surface area contributed by atoms with Crippen LogP contribution in [0.1, 0.15) is 0 Å². The van der Waals surface area contributed by atoms with Gasteiger partial charge in [-0.2, -0.15) is 0 Å². The minimum atomic E-state index is 1.25. The van der Waals surface area contributed by atoms with Gasteiger partial charge < -0.3 is 8.97 Å². The van der Waals surface area contributed by atoms with Crippen molar-refractivity contribution in [3.8, 4) is 11.1 Å². The van der Waals surface area contributed by atoms with Gasteiger partial charge in [0.1, 0.15) is 0 Å². The summed E-state index contributed by atoms with van der Waals surface area (Å²) in [7, 11) is 2.21. The van der Waals surface area contributed by atoms with Crippen LogP contribution in [0, 0.1) is 0 Å².